The Labute approximate surface area is 129 Å². The molecule has 2 nitrogen and oxygen atoms in total. The van der Waals surface area contributed by atoms with Gasteiger partial charge in [0.25, 0.3) is 0 Å². The van der Waals surface area contributed by atoms with Crippen LogP contribution in [0.3, 0.4) is 0 Å². The smallest absolute Gasteiger partial charge is 0.391 e. The van der Waals surface area contributed by atoms with Crippen LogP contribution in [0.5, 0.6) is 0 Å². The van der Waals surface area contributed by atoms with Gasteiger partial charge < -0.3 is 10.8 Å². The van der Waals surface area contributed by atoms with E-state index in [1.807, 2.05) is 0 Å². The molecule has 22 heavy (non-hydrogen) atoms. The molecule has 0 bridgehead atoms. The normalized spacial score (nSPS) is 15.1. The molecule has 2 atom stereocenters. The fraction of sp³-hybridized carbons (Fsp3) is 0.538. The molecule has 0 aliphatic rings. The van der Waals surface area contributed by atoms with Gasteiger partial charge in [0.15, 0.2) is 0 Å². The van der Waals surface area contributed by atoms with Crippen LogP contribution in [-0.4, -0.2) is 11.2 Å². The minimum absolute atomic E-state index is 0. The van der Waals surface area contributed by atoms with Crippen LogP contribution < -0.4 is 5.73 Å². The third-order valence-electron chi connectivity index (χ3n) is 2.99. The Morgan fingerprint density at radius 1 is 1.00 bits per heavy atom. The van der Waals surface area contributed by atoms with Gasteiger partial charge in [-0.05, 0) is 30.2 Å². The van der Waals surface area contributed by atoms with E-state index in [-0.39, 0.29) is 24.9 Å². The predicted octanol–water partition coefficient (Wildman–Crippen LogP) is 4.31. The Hall–Kier alpha value is -0.990. The zero-order valence-electron chi connectivity index (χ0n) is 11.5. The van der Waals surface area contributed by atoms with Crippen molar-refractivity contribution in [3.63, 3.8) is 0 Å². The number of nitrogens with two attached hydrogens (primary N) is 1. The molecule has 0 fully saturated rings. The summed E-state index contributed by atoms with van der Waals surface area (Å²) in [6.45, 7) is 1.71. The molecule has 0 unspecified atom stereocenters. The Balaban J connectivity index is 0.00000441. The van der Waals surface area contributed by atoms with Gasteiger partial charge in [0.05, 0.1) is 23.3 Å². The molecule has 0 spiro atoms. The molecule has 0 saturated heterocycles. The van der Waals surface area contributed by atoms with E-state index in [9.17, 15) is 31.4 Å². The SMILES string of the molecule is CCC[C@H](O)[C@H](N)c1cc(C(F)(F)F)cc(C(F)(F)F)c1.Cl. The third-order valence-corrected chi connectivity index (χ3v) is 2.99. The van der Waals surface area contributed by atoms with E-state index in [1.54, 1.807) is 6.92 Å². The first-order chi connectivity index (χ1) is 9.46. The summed E-state index contributed by atoms with van der Waals surface area (Å²) < 4.78 is 76.1. The summed E-state index contributed by atoms with van der Waals surface area (Å²) in [7, 11) is 0. The van der Waals surface area contributed by atoms with Gasteiger partial charge in [0.2, 0.25) is 0 Å². The lowest BCUT2D eigenvalue weighted by atomic mass is 9.95. The number of alkyl halides is 6. The zero-order chi connectivity index (χ0) is 16.4. The van der Waals surface area contributed by atoms with E-state index in [4.69, 9.17) is 5.73 Å². The third kappa shape index (κ3) is 5.33. The molecular formula is C13H16ClF6NO. The molecule has 1 aromatic carbocycles. The number of aliphatic hydroxyl groups is 1. The number of hydrogen-bond acceptors (Lipinski definition) is 2. The van der Waals surface area contributed by atoms with Crippen LogP contribution in [0.15, 0.2) is 18.2 Å². The lowest BCUT2D eigenvalue weighted by Crippen LogP contribution is -2.27. The van der Waals surface area contributed by atoms with Gasteiger partial charge in [-0.1, -0.05) is 13.3 Å². The lowest BCUT2D eigenvalue weighted by molar-refractivity contribution is -0.143. The van der Waals surface area contributed by atoms with E-state index in [1.165, 1.54) is 0 Å². The highest BCUT2D eigenvalue weighted by atomic mass is 35.5. The fourth-order valence-electron chi connectivity index (χ4n) is 1.87. The van der Waals surface area contributed by atoms with Crippen molar-refractivity contribution < 1.29 is 31.4 Å². The summed E-state index contributed by atoms with van der Waals surface area (Å²) in [6.07, 6.45) is -10.4. The van der Waals surface area contributed by atoms with Crippen molar-refractivity contribution in [2.75, 3.05) is 0 Å². The maximum atomic E-state index is 12.7. The largest absolute Gasteiger partial charge is 0.416 e. The number of hydrogen-bond donors (Lipinski definition) is 2. The van der Waals surface area contributed by atoms with Crippen LogP contribution in [0.1, 0.15) is 42.5 Å². The monoisotopic (exact) mass is 351 g/mol. The second-order valence-electron chi connectivity index (χ2n) is 4.72. The standard InChI is InChI=1S/C13H15F6NO.ClH/c1-2-3-10(21)11(20)7-4-8(12(14,15)16)6-9(5-7)13(17,18)19;/h4-6,10-11,21H,2-3,20H2,1H3;1H/t10-,11+;/m0./s1. The van der Waals surface area contributed by atoms with Crippen molar-refractivity contribution in [3.05, 3.63) is 34.9 Å². The molecule has 0 aliphatic heterocycles. The molecule has 9 heteroatoms. The van der Waals surface area contributed by atoms with Crippen LogP contribution in [0.25, 0.3) is 0 Å². The average Bonchev–Trinajstić information content (AvgIpc) is 2.35. The summed E-state index contributed by atoms with van der Waals surface area (Å²) in [5.41, 5.74) is 2.30. The summed E-state index contributed by atoms with van der Waals surface area (Å²) in [5, 5.41) is 9.67. The van der Waals surface area contributed by atoms with E-state index in [2.05, 4.69) is 0 Å². The van der Waals surface area contributed by atoms with Gasteiger partial charge >= 0.3 is 12.4 Å². The molecule has 3 N–H and O–H groups in total. The summed E-state index contributed by atoms with van der Waals surface area (Å²) in [4.78, 5) is 0. The minimum Gasteiger partial charge on any atom is -0.391 e. The van der Waals surface area contributed by atoms with Gasteiger partial charge in [-0.25, -0.2) is 0 Å². The highest BCUT2D eigenvalue weighted by Gasteiger charge is 2.37. The van der Waals surface area contributed by atoms with Crippen LogP contribution in [0.2, 0.25) is 0 Å². The molecule has 0 saturated carbocycles. The molecule has 0 aliphatic carbocycles. The van der Waals surface area contributed by atoms with Gasteiger partial charge in [-0.3, -0.25) is 0 Å². The first kappa shape index (κ1) is 21.0. The Kier molecular flexibility index (Phi) is 7.18. The number of benzene rings is 1. The zero-order valence-corrected chi connectivity index (χ0v) is 12.3. The van der Waals surface area contributed by atoms with Crippen molar-refractivity contribution in [2.45, 2.75) is 44.3 Å². The molecule has 0 amide bonds. The van der Waals surface area contributed by atoms with Crippen molar-refractivity contribution in [3.8, 4) is 0 Å². The molecule has 0 heterocycles. The quantitative estimate of drug-likeness (QED) is 0.794. The molecule has 0 aromatic heterocycles. The van der Waals surface area contributed by atoms with Crippen LogP contribution in [-0.2, 0) is 12.4 Å². The molecule has 1 aromatic rings. The van der Waals surface area contributed by atoms with Gasteiger partial charge in [0, 0.05) is 0 Å². The minimum atomic E-state index is -4.93. The first-order valence-corrected chi connectivity index (χ1v) is 6.19. The Bertz CT molecular complexity index is 456. The Morgan fingerprint density at radius 3 is 1.73 bits per heavy atom. The van der Waals surface area contributed by atoms with Crippen LogP contribution >= 0.6 is 12.4 Å². The van der Waals surface area contributed by atoms with Crippen molar-refractivity contribution in [1.82, 2.24) is 0 Å². The van der Waals surface area contributed by atoms with Crippen LogP contribution in [0.4, 0.5) is 26.3 Å². The first-order valence-electron chi connectivity index (χ1n) is 6.19. The predicted molar refractivity (Wildman–Crippen MR) is 71.5 cm³/mol. The number of rotatable bonds is 4. The van der Waals surface area contributed by atoms with Crippen molar-refractivity contribution in [1.29, 1.82) is 0 Å². The highest BCUT2D eigenvalue weighted by molar-refractivity contribution is 5.85. The summed E-state index contributed by atoms with van der Waals surface area (Å²) >= 11 is 0. The molecule has 1 rings (SSSR count). The molecular weight excluding hydrogens is 336 g/mol. The van der Waals surface area contributed by atoms with E-state index >= 15 is 0 Å². The maximum absolute atomic E-state index is 12.7. The van der Waals surface area contributed by atoms with Gasteiger partial charge in [-0.2, -0.15) is 26.3 Å². The highest BCUT2D eigenvalue weighted by Crippen LogP contribution is 2.37. The van der Waals surface area contributed by atoms with E-state index in [0.717, 1.165) is 0 Å². The second kappa shape index (κ2) is 7.52. The number of aliphatic hydroxyl groups excluding tert-OH is 1. The van der Waals surface area contributed by atoms with Crippen molar-refractivity contribution >= 4 is 12.4 Å². The summed E-state index contributed by atoms with van der Waals surface area (Å²) in [5.74, 6) is 0. The van der Waals surface area contributed by atoms with E-state index in [0.29, 0.717) is 18.6 Å². The molecule has 0 radical (unpaired) electrons. The fourth-order valence-corrected chi connectivity index (χ4v) is 1.87. The average molecular weight is 352 g/mol. The molecule has 128 valence electrons. The second-order valence-corrected chi connectivity index (χ2v) is 4.72. The van der Waals surface area contributed by atoms with Crippen LogP contribution in [0, 0.1) is 0 Å². The maximum Gasteiger partial charge on any atom is 0.416 e. The van der Waals surface area contributed by atoms with Gasteiger partial charge in [0.1, 0.15) is 0 Å². The summed E-state index contributed by atoms with van der Waals surface area (Å²) in [6, 6.07) is -0.201. The van der Waals surface area contributed by atoms with E-state index < -0.39 is 41.2 Å². The number of halogens is 7. The Morgan fingerprint density at radius 2 is 1.41 bits per heavy atom. The topological polar surface area (TPSA) is 46.2 Å². The van der Waals surface area contributed by atoms with Gasteiger partial charge in [-0.15, -0.1) is 12.4 Å². The lowest BCUT2D eigenvalue weighted by Gasteiger charge is -2.21. The van der Waals surface area contributed by atoms with Crippen molar-refractivity contribution in [2.24, 2.45) is 5.73 Å².